The van der Waals surface area contributed by atoms with Crippen molar-refractivity contribution in [3.05, 3.63) is 29.0 Å². The second kappa shape index (κ2) is 5.24. The van der Waals surface area contributed by atoms with Crippen LogP contribution < -0.4 is 9.47 Å². The average Bonchev–Trinajstić information content (AvgIpc) is 2.90. The van der Waals surface area contributed by atoms with Crippen molar-refractivity contribution >= 4 is 5.97 Å². The minimum Gasteiger partial charge on any atom is -0.493 e. The summed E-state index contributed by atoms with van der Waals surface area (Å²) in [5, 5.41) is 12.7. The van der Waals surface area contributed by atoms with E-state index in [0.717, 1.165) is 16.7 Å². The van der Waals surface area contributed by atoms with Gasteiger partial charge in [-0.05, 0) is 25.5 Å². The van der Waals surface area contributed by atoms with Gasteiger partial charge in [0, 0.05) is 17.2 Å². The van der Waals surface area contributed by atoms with E-state index in [9.17, 15) is 4.79 Å². The molecule has 6 nitrogen and oxygen atoms in total. The maximum absolute atomic E-state index is 10.8. The van der Waals surface area contributed by atoms with Gasteiger partial charge in [0.25, 0.3) is 0 Å². The van der Waals surface area contributed by atoms with Gasteiger partial charge in [0.15, 0.2) is 11.5 Å². The lowest BCUT2D eigenvalue weighted by Crippen LogP contribution is -1.98. The third kappa shape index (κ3) is 2.20. The number of aryl methyl sites for hydroxylation is 1. The fourth-order valence-corrected chi connectivity index (χ4v) is 2.13. The summed E-state index contributed by atoms with van der Waals surface area (Å²) in [4.78, 5) is 10.8. The van der Waals surface area contributed by atoms with E-state index in [4.69, 9.17) is 19.1 Å². The zero-order chi connectivity index (χ0) is 14.9. The molecule has 0 radical (unpaired) electrons. The molecule has 0 aliphatic rings. The number of carboxylic acid groups (broad SMARTS) is 1. The van der Waals surface area contributed by atoms with E-state index in [0.29, 0.717) is 17.2 Å². The third-order valence-corrected chi connectivity index (χ3v) is 3.07. The van der Waals surface area contributed by atoms with Crippen LogP contribution in [0.5, 0.6) is 11.5 Å². The fourth-order valence-electron chi connectivity index (χ4n) is 2.13. The summed E-state index contributed by atoms with van der Waals surface area (Å²) < 4.78 is 15.5. The molecular weight excluding hydrogens is 262 g/mol. The number of benzene rings is 1. The van der Waals surface area contributed by atoms with Crippen molar-refractivity contribution in [3.8, 4) is 22.8 Å². The summed E-state index contributed by atoms with van der Waals surface area (Å²) >= 11 is 0. The number of aromatic carboxylic acids is 1. The van der Waals surface area contributed by atoms with Gasteiger partial charge in [-0.2, -0.15) is 0 Å². The number of carboxylic acids is 1. The van der Waals surface area contributed by atoms with Gasteiger partial charge in [-0.3, -0.25) is 0 Å². The monoisotopic (exact) mass is 277 g/mol. The molecule has 2 aromatic rings. The van der Waals surface area contributed by atoms with Gasteiger partial charge in [-0.15, -0.1) is 0 Å². The van der Waals surface area contributed by atoms with Crippen LogP contribution in [0.25, 0.3) is 11.3 Å². The normalized spacial score (nSPS) is 10.4. The lowest BCUT2D eigenvalue weighted by molar-refractivity contribution is 0.0652. The Morgan fingerprint density at radius 3 is 2.35 bits per heavy atom. The molecular formula is C14H15NO5. The molecule has 1 aromatic carbocycles. The van der Waals surface area contributed by atoms with Crippen molar-refractivity contribution in [3.63, 3.8) is 0 Å². The van der Waals surface area contributed by atoms with Gasteiger partial charge < -0.3 is 19.1 Å². The molecule has 0 saturated carbocycles. The highest BCUT2D eigenvalue weighted by Gasteiger charge is 2.19. The van der Waals surface area contributed by atoms with Crippen LogP contribution >= 0.6 is 0 Å². The van der Waals surface area contributed by atoms with Crippen LogP contribution in [0.4, 0.5) is 0 Å². The number of hydrogen-bond donors (Lipinski definition) is 1. The first kappa shape index (κ1) is 13.9. The highest BCUT2D eigenvalue weighted by molar-refractivity contribution is 5.86. The Bertz CT molecular complexity index is 660. The smallest absolute Gasteiger partial charge is 0.374 e. The quantitative estimate of drug-likeness (QED) is 0.925. The number of rotatable bonds is 4. The van der Waals surface area contributed by atoms with Crippen LogP contribution in [-0.2, 0) is 0 Å². The Labute approximate surface area is 115 Å². The van der Waals surface area contributed by atoms with Crippen LogP contribution in [0.2, 0.25) is 0 Å². The zero-order valence-corrected chi connectivity index (χ0v) is 11.7. The zero-order valence-electron chi connectivity index (χ0n) is 11.7. The van der Waals surface area contributed by atoms with E-state index in [1.807, 2.05) is 19.9 Å². The molecule has 1 aromatic heterocycles. The SMILES string of the molecule is COc1c(C)cc(-c2cc(C(=O)O)on2)c(C)c1OC. The summed E-state index contributed by atoms with van der Waals surface area (Å²) in [5.74, 6) is -0.108. The van der Waals surface area contributed by atoms with Gasteiger partial charge >= 0.3 is 5.97 Å². The summed E-state index contributed by atoms with van der Waals surface area (Å²) in [6.45, 7) is 3.73. The van der Waals surface area contributed by atoms with Gasteiger partial charge in [-0.1, -0.05) is 5.16 Å². The molecule has 0 amide bonds. The van der Waals surface area contributed by atoms with Crippen LogP contribution in [0, 0.1) is 13.8 Å². The average molecular weight is 277 g/mol. The van der Waals surface area contributed by atoms with Crippen LogP contribution in [-0.4, -0.2) is 30.5 Å². The molecule has 0 unspecified atom stereocenters. The maximum atomic E-state index is 10.8. The number of carbonyl (C=O) groups is 1. The highest BCUT2D eigenvalue weighted by Crippen LogP contribution is 2.40. The molecule has 1 N–H and O–H groups in total. The van der Waals surface area contributed by atoms with E-state index in [2.05, 4.69) is 5.16 Å². The molecule has 0 bridgehead atoms. The Morgan fingerprint density at radius 2 is 1.85 bits per heavy atom. The predicted molar refractivity (Wildman–Crippen MR) is 71.5 cm³/mol. The number of hydrogen-bond acceptors (Lipinski definition) is 5. The van der Waals surface area contributed by atoms with E-state index < -0.39 is 5.97 Å². The van der Waals surface area contributed by atoms with Crippen molar-refractivity contribution in [1.82, 2.24) is 5.16 Å². The summed E-state index contributed by atoms with van der Waals surface area (Å²) in [7, 11) is 3.13. The molecule has 0 aliphatic carbocycles. The number of ether oxygens (including phenoxy) is 2. The van der Waals surface area contributed by atoms with Gasteiger partial charge in [0.1, 0.15) is 5.69 Å². The van der Waals surface area contributed by atoms with Gasteiger partial charge in [0.2, 0.25) is 5.76 Å². The second-order valence-corrected chi connectivity index (χ2v) is 4.31. The second-order valence-electron chi connectivity index (χ2n) is 4.31. The van der Waals surface area contributed by atoms with E-state index in [-0.39, 0.29) is 5.76 Å². The lowest BCUT2D eigenvalue weighted by atomic mass is 10.0. The van der Waals surface area contributed by atoms with Crippen LogP contribution in [0.1, 0.15) is 21.7 Å². The van der Waals surface area contributed by atoms with Crippen LogP contribution in [0.15, 0.2) is 16.7 Å². The third-order valence-electron chi connectivity index (χ3n) is 3.07. The van der Waals surface area contributed by atoms with Crippen molar-refractivity contribution in [2.45, 2.75) is 13.8 Å². The van der Waals surface area contributed by atoms with Gasteiger partial charge in [-0.25, -0.2) is 4.79 Å². The molecule has 20 heavy (non-hydrogen) atoms. The number of methoxy groups -OCH3 is 2. The fraction of sp³-hybridized carbons (Fsp3) is 0.286. The molecule has 6 heteroatoms. The molecule has 0 atom stereocenters. The Kier molecular flexibility index (Phi) is 3.65. The van der Waals surface area contributed by atoms with Crippen molar-refractivity contribution in [2.75, 3.05) is 14.2 Å². The maximum Gasteiger partial charge on any atom is 0.374 e. The van der Waals surface area contributed by atoms with Crippen molar-refractivity contribution < 1.29 is 23.9 Å². The van der Waals surface area contributed by atoms with E-state index in [1.165, 1.54) is 6.07 Å². The molecule has 0 spiro atoms. The number of nitrogens with zero attached hydrogens (tertiary/aromatic N) is 1. The minimum atomic E-state index is -1.15. The Balaban J connectivity index is 2.62. The topological polar surface area (TPSA) is 81.8 Å². The summed E-state index contributed by atoms with van der Waals surface area (Å²) in [6.07, 6.45) is 0. The summed E-state index contributed by atoms with van der Waals surface area (Å²) in [6, 6.07) is 3.25. The summed E-state index contributed by atoms with van der Waals surface area (Å²) in [5.41, 5.74) is 2.87. The van der Waals surface area contributed by atoms with E-state index >= 15 is 0 Å². The molecule has 0 saturated heterocycles. The van der Waals surface area contributed by atoms with Gasteiger partial charge in [0.05, 0.1) is 14.2 Å². The Hall–Kier alpha value is -2.50. The van der Waals surface area contributed by atoms with Crippen molar-refractivity contribution in [1.29, 1.82) is 0 Å². The first-order valence-electron chi connectivity index (χ1n) is 5.92. The van der Waals surface area contributed by atoms with E-state index in [1.54, 1.807) is 14.2 Å². The standard InChI is InChI=1S/C14H15NO5/c1-7-5-9(8(2)13(19-4)12(7)18-3)10-6-11(14(16)17)20-15-10/h5-6H,1-4H3,(H,16,17). The lowest BCUT2D eigenvalue weighted by Gasteiger charge is -2.15. The molecule has 2 rings (SSSR count). The van der Waals surface area contributed by atoms with Crippen LogP contribution in [0.3, 0.4) is 0 Å². The Morgan fingerprint density at radius 1 is 1.20 bits per heavy atom. The first-order valence-corrected chi connectivity index (χ1v) is 5.92. The molecule has 0 aliphatic heterocycles. The molecule has 106 valence electrons. The molecule has 1 heterocycles. The van der Waals surface area contributed by atoms with Crippen molar-refractivity contribution in [2.24, 2.45) is 0 Å². The minimum absolute atomic E-state index is 0.202. The molecule has 0 fully saturated rings. The number of aromatic nitrogens is 1. The largest absolute Gasteiger partial charge is 0.493 e. The first-order chi connectivity index (χ1) is 9.49. The highest BCUT2D eigenvalue weighted by atomic mass is 16.5. The predicted octanol–water partition coefficient (Wildman–Crippen LogP) is 2.67.